The standard InChI is InChI=1S/C11H22N2O3S/c1-10(2)11(3)12-16-7-4-13-5-8-17(14,15)9-6-13/h10H,4-9H2,1-3H3/b12-11-. The van der Waals surface area contributed by atoms with Gasteiger partial charge in [0.15, 0.2) is 9.84 Å². The van der Waals surface area contributed by atoms with Crippen molar-refractivity contribution in [3.8, 4) is 0 Å². The summed E-state index contributed by atoms with van der Waals surface area (Å²) in [6.45, 7) is 8.55. The molecule has 0 N–H and O–H groups in total. The molecule has 0 aromatic carbocycles. The molecular formula is C11H22N2O3S. The summed E-state index contributed by atoms with van der Waals surface area (Å²) >= 11 is 0. The van der Waals surface area contributed by atoms with E-state index in [0.29, 0.717) is 25.6 Å². The van der Waals surface area contributed by atoms with Crippen LogP contribution in [0.1, 0.15) is 20.8 Å². The highest BCUT2D eigenvalue weighted by Crippen LogP contribution is 2.03. The smallest absolute Gasteiger partial charge is 0.152 e. The molecule has 1 fully saturated rings. The van der Waals surface area contributed by atoms with Crippen molar-refractivity contribution < 1.29 is 13.3 Å². The predicted molar refractivity (Wildman–Crippen MR) is 69.0 cm³/mol. The molecule has 0 unspecified atom stereocenters. The van der Waals surface area contributed by atoms with Gasteiger partial charge in [-0.25, -0.2) is 8.42 Å². The number of sulfone groups is 1. The van der Waals surface area contributed by atoms with Crippen LogP contribution >= 0.6 is 0 Å². The van der Waals surface area contributed by atoms with Crippen LogP contribution in [0.2, 0.25) is 0 Å². The van der Waals surface area contributed by atoms with Crippen LogP contribution in [0, 0.1) is 5.92 Å². The summed E-state index contributed by atoms with van der Waals surface area (Å²) in [6, 6.07) is 0. The molecule has 0 aromatic rings. The van der Waals surface area contributed by atoms with Gasteiger partial charge in [-0.05, 0) is 12.8 Å². The zero-order valence-corrected chi connectivity index (χ0v) is 11.7. The van der Waals surface area contributed by atoms with E-state index in [0.717, 1.165) is 12.3 Å². The summed E-state index contributed by atoms with van der Waals surface area (Å²) in [7, 11) is -2.78. The summed E-state index contributed by atoms with van der Waals surface area (Å²) in [5.74, 6) is 0.929. The van der Waals surface area contributed by atoms with E-state index in [-0.39, 0.29) is 11.5 Å². The first kappa shape index (κ1) is 14.4. The maximum Gasteiger partial charge on any atom is 0.152 e. The van der Waals surface area contributed by atoms with Gasteiger partial charge in [0, 0.05) is 19.6 Å². The normalized spacial score (nSPS) is 21.8. The molecule has 0 atom stereocenters. The Balaban J connectivity index is 2.18. The quantitative estimate of drug-likeness (QED) is 0.417. The van der Waals surface area contributed by atoms with Crippen molar-refractivity contribution in [2.24, 2.45) is 11.1 Å². The average Bonchev–Trinajstić information content (AvgIpc) is 2.25. The Bertz CT molecular complexity index is 349. The van der Waals surface area contributed by atoms with Gasteiger partial charge in [-0.3, -0.25) is 4.90 Å². The van der Waals surface area contributed by atoms with Crippen LogP contribution in [-0.4, -0.2) is 56.8 Å². The molecule has 0 aliphatic carbocycles. The van der Waals surface area contributed by atoms with Crippen LogP contribution in [0.5, 0.6) is 0 Å². The van der Waals surface area contributed by atoms with Crippen LogP contribution < -0.4 is 0 Å². The highest BCUT2D eigenvalue weighted by atomic mass is 32.2. The third-order valence-electron chi connectivity index (χ3n) is 2.98. The van der Waals surface area contributed by atoms with Gasteiger partial charge in [0.2, 0.25) is 0 Å². The fraction of sp³-hybridized carbons (Fsp3) is 0.909. The lowest BCUT2D eigenvalue weighted by molar-refractivity contribution is 0.112. The molecule has 1 aliphatic rings. The second-order valence-corrected chi connectivity index (χ2v) is 7.02. The van der Waals surface area contributed by atoms with Crippen molar-refractivity contribution in [1.29, 1.82) is 0 Å². The highest BCUT2D eigenvalue weighted by Gasteiger charge is 2.20. The molecular weight excluding hydrogens is 240 g/mol. The molecule has 0 amide bonds. The van der Waals surface area contributed by atoms with Gasteiger partial charge in [0.1, 0.15) is 6.61 Å². The molecule has 0 spiro atoms. The van der Waals surface area contributed by atoms with E-state index in [1.54, 1.807) is 0 Å². The molecule has 17 heavy (non-hydrogen) atoms. The van der Waals surface area contributed by atoms with Gasteiger partial charge < -0.3 is 4.84 Å². The summed E-state index contributed by atoms with van der Waals surface area (Å²) in [5, 5.41) is 4.01. The van der Waals surface area contributed by atoms with E-state index >= 15 is 0 Å². The third-order valence-corrected chi connectivity index (χ3v) is 4.59. The molecule has 6 heteroatoms. The van der Waals surface area contributed by atoms with E-state index in [4.69, 9.17) is 4.84 Å². The molecule has 0 saturated carbocycles. The van der Waals surface area contributed by atoms with Gasteiger partial charge in [0.05, 0.1) is 17.2 Å². The lowest BCUT2D eigenvalue weighted by Crippen LogP contribution is -2.41. The summed E-state index contributed by atoms with van der Waals surface area (Å²) in [4.78, 5) is 7.31. The van der Waals surface area contributed by atoms with Crippen LogP contribution in [0.4, 0.5) is 0 Å². The molecule has 1 rings (SSSR count). The Morgan fingerprint density at radius 3 is 2.47 bits per heavy atom. The first-order valence-electron chi connectivity index (χ1n) is 6.00. The summed E-state index contributed by atoms with van der Waals surface area (Å²) in [5.41, 5.74) is 0.978. The fourth-order valence-electron chi connectivity index (χ4n) is 1.40. The Morgan fingerprint density at radius 2 is 1.94 bits per heavy atom. The topological polar surface area (TPSA) is 59.0 Å². The van der Waals surface area contributed by atoms with Gasteiger partial charge in [0.25, 0.3) is 0 Å². The Morgan fingerprint density at radius 1 is 1.35 bits per heavy atom. The molecule has 1 saturated heterocycles. The van der Waals surface area contributed by atoms with E-state index in [1.165, 1.54) is 0 Å². The third kappa shape index (κ3) is 5.50. The Hall–Kier alpha value is -0.620. The monoisotopic (exact) mass is 262 g/mol. The summed E-state index contributed by atoms with van der Waals surface area (Å²) in [6.07, 6.45) is 0. The van der Waals surface area contributed by atoms with Crippen LogP contribution in [0.15, 0.2) is 5.16 Å². The first-order chi connectivity index (χ1) is 7.91. The number of rotatable bonds is 5. The predicted octanol–water partition coefficient (Wildman–Crippen LogP) is 0.765. The zero-order chi connectivity index (χ0) is 12.9. The lowest BCUT2D eigenvalue weighted by Gasteiger charge is -2.25. The average molecular weight is 262 g/mol. The number of hydrogen-bond donors (Lipinski definition) is 0. The van der Waals surface area contributed by atoms with Crippen molar-refractivity contribution in [2.45, 2.75) is 20.8 Å². The second kappa shape index (κ2) is 6.35. The van der Waals surface area contributed by atoms with Gasteiger partial charge in [-0.1, -0.05) is 19.0 Å². The molecule has 0 radical (unpaired) electrons. The largest absolute Gasteiger partial charge is 0.394 e. The minimum Gasteiger partial charge on any atom is -0.394 e. The first-order valence-corrected chi connectivity index (χ1v) is 7.82. The molecule has 5 nitrogen and oxygen atoms in total. The van der Waals surface area contributed by atoms with Crippen molar-refractivity contribution >= 4 is 15.5 Å². The molecule has 1 heterocycles. The van der Waals surface area contributed by atoms with Gasteiger partial charge in [-0.15, -0.1) is 0 Å². The van der Waals surface area contributed by atoms with Crippen molar-refractivity contribution in [1.82, 2.24) is 4.90 Å². The second-order valence-electron chi connectivity index (χ2n) is 4.71. The molecule has 0 bridgehead atoms. The Kier molecular flexibility index (Phi) is 5.39. The number of oxime groups is 1. The highest BCUT2D eigenvalue weighted by molar-refractivity contribution is 7.91. The van der Waals surface area contributed by atoms with Crippen LogP contribution in [0.3, 0.4) is 0 Å². The maximum absolute atomic E-state index is 11.2. The Labute approximate surface area is 104 Å². The molecule has 100 valence electrons. The fourth-order valence-corrected chi connectivity index (χ4v) is 2.67. The minimum atomic E-state index is -2.78. The van der Waals surface area contributed by atoms with Crippen molar-refractivity contribution in [3.63, 3.8) is 0 Å². The minimum absolute atomic E-state index is 0.265. The number of nitrogens with zero attached hydrogens (tertiary/aromatic N) is 2. The molecule has 0 aromatic heterocycles. The summed E-state index contributed by atoms with van der Waals surface area (Å²) < 4.78 is 22.4. The van der Waals surface area contributed by atoms with Crippen LogP contribution in [0.25, 0.3) is 0 Å². The van der Waals surface area contributed by atoms with Crippen molar-refractivity contribution in [2.75, 3.05) is 37.7 Å². The van der Waals surface area contributed by atoms with Gasteiger partial charge >= 0.3 is 0 Å². The van der Waals surface area contributed by atoms with E-state index in [1.807, 2.05) is 6.92 Å². The van der Waals surface area contributed by atoms with Crippen molar-refractivity contribution in [3.05, 3.63) is 0 Å². The van der Waals surface area contributed by atoms with E-state index in [2.05, 4.69) is 23.9 Å². The lowest BCUT2D eigenvalue weighted by atomic mass is 10.1. The maximum atomic E-state index is 11.2. The number of hydrogen-bond acceptors (Lipinski definition) is 5. The molecule has 1 aliphatic heterocycles. The van der Waals surface area contributed by atoms with E-state index < -0.39 is 9.84 Å². The van der Waals surface area contributed by atoms with E-state index in [9.17, 15) is 8.42 Å². The van der Waals surface area contributed by atoms with Gasteiger partial charge in [-0.2, -0.15) is 0 Å². The zero-order valence-electron chi connectivity index (χ0n) is 10.8. The van der Waals surface area contributed by atoms with Crippen LogP contribution in [-0.2, 0) is 14.7 Å². The SMILES string of the molecule is C/C(=N/OCCN1CCS(=O)(=O)CC1)C(C)C.